The molecule has 2 heterocycles. The average molecular weight is 327 g/mol. The van der Waals surface area contributed by atoms with Crippen LogP contribution in [0.3, 0.4) is 0 Å². The molecule has 1 fully saturated rings. The third-order valence-corrected chi connectivity index (χ3v) is 4.99. The van der Waals surface area contributed by atoms with Gasteiger partial charge in [-0.2, -0.15) is 4.31 Å². The highest BCUT2D eigenvalue weighted by atomic mass is 32.2. The summed E-state index contributed by atoms with van der Waals surface area (Å²) in [7, 11) is -3.32. The molecule has 1 aromatic heterocycles. The molecule has 1 aromatic rings. The second-order valence-electron chi connectivity index (χ2n) is 5.64. The molecule has 1 N–H and O–H groups in total. The molecular formula is C14H21N3O4S. The lowest BCUT2D eigenvalue weighted by atomic mass is 10.0. The molecule has 7 nitrogen and oxygen atoms in total. The molecule has 0 amide bonds. The summed E-state index contributed by atoms with van der Waals surface area (Å²) < 4.78 is 25.3. The molecular weight excluding hydrogens is 306 g/mol. The molecule has 1 aliphatic rings. The lowest BCUT2D eigenvalue weighted by molar-refractivity contribution is -0.136. The Morgan fingerprint density at radius 1 is 1.41 bits per heavy atom. The van der Waals surface area contributed by atoms with E-state index in [1.807, 2.05) is 6.92 Å². The summed E-state index contributed by atoms with van der Waals surface area (Å²) in [5.41, 5.74) is 1.37. The van der Waals surface area contributed by atoms with Crippen LogP contribution in [0.2, 0.25) is 0 Å². The number of nitrogens with zero attached hydrogens (tertiary/aromatic N) is 3. The van der Waals surface area contributed by atoms with Crippen LogP contribution >= 0.6 is 0 Å². The van der Waals surface area contributed by atoms with Gasteiger partial charge in [0.15, 0.2) is 0 Å². The number of carboxylic acids is 1. The summed E-state index contributed by atoms with van der Waals surface area (Å²) in [6.07, 6.45) is 3.97. The molecule has 1 saturated heterocycles. The van der Waals surface area contributed by atoms with Gasteiger partial charge in [0.25, 0.3) is 0 Å². The molecule has 0 radical (unpaired) electrons. The maximum absolute atomic E-state index is 11.9. The molecule has 1 aliphatic heterocycles. The number of rotatable bonds is 5. The molecule has 122 valence electrons. The molecule has 1 atom stereocenters. The molecule has 8 heteroatoms. The summed E-state index contributed by atoms with van der Waals surface area (Å²) in [6, 6.07) is 1.40. The Labute approximate surface area is 130 Å². The number of sulfonamides is 1. The van der Waals surface area contributed by atoms with Crippen LogP contribution in [0, 0.1) is 6.92 Å². The third kappa shape index (κ3) is 4.23. The van der Waals surface area contributed by atoms with Crippen molar-refractivity contribution < 1.29 is 18.3 Å². The van der Waals surface area contributed by atoms with E-state index in [4.69, 9.17) is 5.11 Å². The number of aryl methyl sites for hydroxylation is 2. The van der Waals surface area contributed by atoms with Crippen LogP contribution in [0.25, 0.3) is 0 Å². The lowest BCUT2D eigenvalue weighted by Gasteiger charge is -2.32. The first-order valence-corrected chi connectivity index (χ1v) is 9.15. The zero-order valence-electron chi connectivity index (χ0n) is 12.8. The molecule has 1 unspecified atom stereocenters. The van der Waals surface area contributed by atoms with Crippen LogP contribution in [0.1, 0.15) is 48.9 Å². The normalized spacial score (nSPS) is 20.0. The number of carboxylic acid groups (broad SMARTS) is 1. The predicted octanol–water partition coefficient (Wildman–Crippen LogP) is 1.29. The summed E-state index contributed by atoms with van der Waals surface area (Å²) in [4.78, 5) is 19.5. The van der Waals surface area contributed by atoms with E-state index in [-0.39, 0.29) is 12.5 Å². The fourth-order valence-corrected chi connectivity index (χ4v) is 3.85. The van der Waals surface area contributed by atoms with Crippen molar-refractivity contribution in [1.82, 2.24) is 14.3 Å². The van der Waals surface area contributed by atoms with E-state index in [1.165, 1.54) is 10.6 Å². The highest BCUT2D eigenvalue weighted by molar-refractivity contribution is 7.88. The van der Waals surface area contributed by atoms with Crippen molar-refractivity contribution in [1.29, 1.82) is 0 Å². The van der Waals surface area contributed by atoms with Gasteiger partial charge in [-0.05, 0) is 25.8 Å². The Bertz CT molecular complexity index is 660. The van der Waals surface area contributed by atoms with Gasteiger partial charge in [0.1, 0.15) is 5.82 Å². The molecule has 0 aromatic carbocycles. The summed E-state index contributed by atoms with van der Waals surface area (Å²) >= 11 is 0. The van der Waals surface area contributed by atoms with Gasteiger partial charge in [-0.1, -0.05) is 6.42 Å². The minimum atomic E-state index is -3.32. The zero-order chi connectivity index (χ0) is 16.3. The van der Waals surface area contributed by atoms with E-state index in [2.05, 4.69) is 9.97 Å². The largest absolute Gasteiger partial charge is 0.481 e. The van der Waals surface area contributed by atoms with Gasteiger partial charge in [0, 0.05) is 24.4 Å². The van der Waals surface area contributed by atoms with E-state index in [0.29, 0.717) is 30.9 Å². The zero-order valence-corrected chi connectivity index (χ0v) is 13.6. The topological polar surface area (TPSA) is 100 Å². The fourth-order valence-electron chi connectivity index (χ4n) is 2.73. The molecule has 22 heavy (non-hydrogen) atoms. The number of piperidine rings is 1. The maximum atomic E-state index is 11.9. The summed E-state index contributed by atoms with van der Waals surface area (Å²) in [5, 5.41) is 8.78. The van der Waals surface area contributed by atoms with Crippen LogP contribution in [0.5, 0.6) is 0 Å². The van der Waals surface area contributed by atoms with Crippen molar-refractivity contribution in [2.45, 2.75) is 45.1 Å². The Morgan fingerprint density at radius 3 is 2.77 bits per heavy atom. The first kappa shape index (κ1) is 16.8. The second-order valence-corrected chi connectivity index (χ2v) is 7.57. The van der Waals surface area contributed by atoms with Gasteiger partial charge < -0.3 is 5.11 Å². The number of hydrogen-bond donors (Lipinski definition) is 1. The first-order valence-electron chi connectivity index (χ1n) is 7.30. The smallest absolute Gasteiger partial charge is 0.303 e. The molecule has 0 bridgehead atoms. The molecule has 2 rings (SSSR count). The standard InChI is InChI=1S/C14H21N3O4S/c1-10-9-11(6-7-13(18)19)16-14(15-10)12-5-3-4-8-17(12)22(2,20)21/h9,12H,3-8H2,1-2H3,(H,18,19). The van der Waals surface area contributed by atoms with Gasteiger partial charge in [-0.25, -0.2) is 18.4 Å². The van der Waals surface area contributed by atoms with E-state index >= 15 is 0 Å². The van der Waals surface area contributed by atoms with Crippen molar-refractivity contribution in [2.75, 3.05) is 12.8 Å². The Balaban J connectivity index is 2.31. The Morgan fingerprint density at radius 2 is 2.14 bits per heavy atom. The van der Waals surface area contributed by atoms with Crippen LogP contribution < -0.4 is 0 Å². The number of aromatic nitrogens is 2. The van der Waals surface area contributed by atoms with Crippen molar-refractivity contribution in [3.8, 4) is 0 Å². The minimum Gasteiger partial charge on any atom is -0.481 e. The first-order chi connectivity index (χ1) is 10.3. The van der Waals surface area contributed by atoms with E-state index < -0.39 is 16.0 Å². The predicted molar refractivity (Wildman–Crippen MR) is 80.9 cm³/mol. The van der Waals surface area contributed by atoms with E-state index in [9.17, 15) is 13.2 Å². The Hall–Kier alpha value is -1.54. The fraction of sp³-hybridized carbons (Fsp3) is 0.643. The number of carbonyl (C=O) groups is 1. The van der Waals surface area contributed by atoms with Gasteiger partial charge >= 0.3 is 5.97 Å². The molecule has 0 saturated carbocycles. The number of aliphatic carboxylic acids is 1. The van der Waals surface area contributed by atoms with Crippen molar-refractivity contribution in [3.05, 3.63) is 23.3 Å². The van der Waals surface area contributed by atoms with Gasteiger partial charge in [0.2, 0.25) is 10.0 Å². The molecule has 0 aliphatic carbocycles. The van der Waals surface area contributed by atoms with Gasteiger partial charge in [-0.3, -0.25) is 4.79 Å². The van der Waals surface area contributed by atoms with Crippen molar-refractivity contribution in [3.63, 3.8) is 0 Å². The SMILES string of the molecule is Cc1cc(CCC(=O)O)nc(C2CCCCN2S(C)(=O)=O)n1. The molecule has 0 spiro atoms. The maximum Gasteiger partial charge on any atom is 0.303 e. The Kier molecular flexibility index (Phi) is 5.12. The van der Waals surface area contributed by atoms with Crippen LogP contribution in [0.4, 0.5) is 0 Å². The summed E-state index contributed by atoms with van der Waals surface area (Å²) in [5.74, 6) is -0.404. The van der Waals surface area contributed by atoms with Gasteiger partial charge in [-0.15, -0.1) is 0 Å². The minimum absolute atomic E-state index is 0.00362. The summed E-state index contributed by atoms with van der Waals surface area (Å²) in [6.45, 7) is 2.29. The third-order valence-electron chi connectivity index (χ3n) is 3.70. The number of hydrogen-bond acceptors (Lipinski definition) is 5. The lowest BCUT2D eigenvalue weighted by Crippen LogP contribution is -2.38. The van der Waals surface area contributed by atoms with Crippen molar-refractivity contribution >= 4 is 16.0 Å². The average Bonchev–Trinajstić information content (AvgIpc) is 2.43. The quantitative estimate of drug-likeness (QED) is 0.874. The highest BCUT2D eigenvalue weighted by Crippen LogP contribution is 2.31. The van der Waals surface area contributed by atoms with Crippen LogP contribution in [-0.2, 0) is 21.2 Å². The van der Waals surface area contributed by atoms with E-state index in [0.717, 1.165) is 18.5 Å². The van der Waals surface area contributed by atoms with Crippen LogP contribution in [-0.4, -0.2) is 46.6 Å². The van der Waals surface area contributed by atoms with Crippen LogP contribution in [0.15, 0.2) is 6.07 Å². The van der Waals surface area contributed by atoms with Crippen molar-refractivity contribution in [2.24, 2.45) is 0 Å². The van der Waals surface area contributed by atoms with E-state index in [1.54, 1.807) is 6.07 Å². The highest BCUT2D eigenvalue weighted by Gasteiger charge is 2.32. The monoisotopic (exact) mass is 327 g/mol. The second kappa shape index (κ2) is 6.70. The van der Waals surface area contributed by atoms with Gasteiger partial charge in [0.05, 0.1) is 18.7 Å².